The fourth-order valence-corrected chi connectivity index (χ4v) is 4.54. The molecule has 0 bridgehead atoms. The molecule has 2 amide bonds. The second-order valence-corrected chi connectivity index (χ2v) is 8.77. The Morgan fingerprint density at radius 2 is 2.00 bits per heavy atom. The highest BCUT2D eigenvalue weighted by Gasteiger charge is 2.22. The zero-order valence-corrected chi connectivity index (χ0v) is 17.6. The fraction of sp³-hybridized carbons (Fsp3) is 0.476. The van der Waals surface area contributed by atoms with E-state index in [2.05, 4.69) is 34.4 Å². The quantitative estimate of drug-likeness (QED) is 0.725. The number of halogens is 1. The van der Waals surface area contributed by atoms with Gasteiger partial charge in [-0.3, -0.25) is 14.5 Å². The molecule has 3 rings (SSSR count). The van der Waals surface area contributed by atoms with Gasteiger partial charge in [-0.2, -0.15) is 0 Å². The highest BCUT2D eigenvalue weighted by Crippen LogP contribution is 2.23. The lowest BCUT2D eigenvalue weighted by Gasteiger charge is -2.34. The Labute approximate surface area is 174 Å². The molecule has 0 saturated carbocycles. The Hall–Kier alpha value is -2.32. The van der Waals surface area contributed by atoms with Gasteiger partial charge in [0.15, 0.2) is 5.13 Å². The Bertz CT molecular complexity index is 847. The third-order valence-corrected chi connectivity index (χ3v) is 5.63. The third kappa shape index (κ3) is 6.90. The number of nitrogens with one attached hydrogen (secondary N) is 2. The summed E-state index contributed by atoms with van der Waals surface area (Å²) in [5.74, 6) is 0.318. The molecule has 1 aliphatic rings. The van der Waals surface area contributed by atoms with Crippen LogP contribution >= 0.6 is 11.3 Å². The van der Waals surface area contributed by atoms with E-state index >= 15 is 0 Å². The number of carbonyl (C=O) groups excluding carboxylic acids is 2. The zero-order valence-electron chi connectivity index (χ0n) is 16.8. The van der Waals surface area contributed by atoms with Crippen molar-refractivity contribution >= 4 is 28.3 Å². The SMILES string of the molecule is C[C@H]1C[C@H](C)CN(Cc2csc(NC(=O)CNC(=O)Cc3cccc(F)c3)n2)C1. The van der Waals surface area contributed by atoms with E-state index in [1.165, 1.54) is 29.9 Å². The first kappa shape index (κ1) is 21.4. The summed E-state index contributed by atoms with van der Waals surface area (Å²) in [5.41, 5.74) is 1.51. The third-order valence-electron chi connectivity index (χ3n) is 4.83. The minimum Gasteiger partial charge on any atom is -0.347 e. The molecule has 1 saturated heterocycles. The molecule has 1 aromatic carbocycles. The van der Waals surface area contributed by atoms with Crippen LogP contribution in [0.4, 0.5) is 9.52 Å². The van der Waals surface area contributed by atoms with Gasteiger partial charge in [0.05, 0.1) is 18.7 Å². The lowest BCUT2D eigenvalue weighted by molar-refractivity contribution is -0.123. The van der Waals surface area contributed by atoms with Gasteiger partial charge < -0.3 is 10.6 Å². The number of hydrogen-bond donors (Lipinski definition) is 2. The minimum absolute atomic E-state index is 0.0269. The van der Waals surface area contributed by atoms with E-state index in [0.29, 0.717) is 22.5 Å². The van der Waals surface area contributed by atoms with E-state index in [4.69, 9.17) is 0 Å². The topological polar surface area (TPSA) is 74.3 Å². The van der Waals surface area contributed by atoms with Gasteiger partial charge in [-0.1, -0.05) is 26.0 Å². The van der Waals surface area contributed by atoms with Crippen LogP contribution in [0.1, 0.15) is 31.5 Å². The van der Waals surface area contributed by atoms with Crippen molar-refractivity contribution in [2.24, 2.45) is 11.8 Å². The lowest BCUT2D eigenvalue weighted by Crippen LogP contribution is -2.38. The lowest BCUT2D eigenvalue weighted by atomic mass is 9.92. The predicted octanol–water partition coefficient (Wildman–Crippen LogP) is 3.06. The maximum Gasteiger partial charge on any atom is 0.245 e. The molecule has 1 fully saturated rings. The summed E-state index contributed by atoms with van der Waals surface area (Å²) < 4.78 is 13.2. The Morgan fingerprint density at radius 3 is 2.72 bits per heavy atom. The molecule has 8 heteroatoms. The number of piperidine rings is 1. The van der Waals surface area contributed by atoms with Gasteiger partial charge in [0.25, 0.3) is 0 Å². The summed E-state index contributed by atoms with van der Waals surface area (Å²) in [6.45, 7) is 7.33. The largest absolute Gasteiger partial charge is 0.347 e. The molecule has 6 nitrogen and oxygen atoms in total. The summed E-state index contributed by atoms with van der Waals surface area (Å²) in [4.78, 5) is 30.9. The molecule has 2 atom stereocenters. The van der Waals surface area contributed by atoms with E-state index in [1.54, 1.807) is 12.1 Å². The van der Waals surface area contributed by atoms with Crippen molar-refractivity contribution < 1.29 is 14.0 Å². The summed E-state index contributed by atoms with van der Waals surface area (Å²) in [7, 11) is 0. The van der Waals surface area contributed by atoms with Crippen LogP contribution in [0, 0.1) is 17.7 Å². The first-order valence-electron chi connectivity index (χ1n) is 9.85. The van der Waals surface area contributed by atoms with Gasteiger partial charge in [0.1, 0.15) is 5.82 Å². The molecule has 2 heterocycles. The van der Waals surface area contributed by atoms with E-state index in [9.17, 15) is 14.0 Å². The minimum atomic E-state index is -0.388. The molecule has 156 valence electrons. The standard InChI is InChI=1S/C21H27FN4O2S/c1-14-6-15(2)11-26(10-14)12-18-13-29-21(24-18)25-20(28)9-23-19(27)8-16-4-3-5-17(22)7-16/h3-5,7,13-15H,6,8-12H2,1-2H3,(H,23,27)(H,24,25,28)/t14-,15-/m0/s1. The second-order valence-electron chi connectivity index (χ2n) is 7.92. The average Bonchev–Trinajstić information content (AvgIpc) is 3.06. The van der Waals surface area contributed by atoms with Crippen molar-refractivity contribution in [2.75, 3.05) is 25.0 Å². The molecular weight excluding hydrogens is 391 g/mol. The van der Waals surface area contributed by atoms with E-state index in [0.717, 1.165) is 25.3 Å². The van der Waals surface area contributed by atoms with Crippen molar-refractivity contribution in [3.63, 3.8) is 0 Å². The molecule has 0 spiro atoms. The molecule has 2 N–H and O–H groups in total. The van der Waals surface area contributed by atoms with Gasteiger partial charge in [-0.15, -0.1) is 11.3 Å². The van der Waals surface area contributed by atoms with Crippen LogP contribution in [0.5, 0.6) is 0 Å². The average molecular weight is 419 g/mol. The van der Waals surface area contributed by atoms with Crippen LogP contribution in [0.15, 0.2) is 29.6 Å². The van der Waals surface area contributed by atoms with Crippen molar-refractivity contribution in [1.29, 1.82) is 0 Å². The van der Waals surface area contributed by atoms with Crippen molar-refractivity contribution in [1.82, 2.24) is 15.2 Å². The summed E-state index contributed by atoms with van der Waals surface area (Å²) in [6, 6.07) is 5.85. The number of nitrogens with zero attached hydrogens (tertiary/aromatic N) is 2. The molecule has 1 aromatic heterocycles. The smallest absolute Gasteiger partial charge is 0.245 e. The van der Waals surface area contributed by atoms with Crippen molar-refractivity contribution in [3.8, 4) is 0 Å². The summed E-state index contributed by atoms with van der Waals surface area (Å²) in [5, 5.41) is 7.76. The van der Waals surface area contributed by atoms with Crippen LogP contribution < -0.4 is 10.6 Å². The number of rotatable bonds is 7. The first-order chi connectivity index (χ1) is 13.9. The molecule has 0 aliphatic carbocycles. The van der Waals surface area contributed by atoms with Gasteiger partial charge in [-0.25, -0.2) is 9.37 Å². The summed E-state index contributed by atoms with van der Waals surface area (Å²) >= 11 is 1.38. The first-order valence-corrected chi connectivity index (χ1v) is 10.7. The molecule has 2 aromatic rings. The molecule has 0 radical (unpaired) electrons. The molecule has 29 heavy (non-hydrogen) atoms. The number of aromatic nitrogens is 1. The second kappa shape index (κ2) is 9.93. The van der Waals surface area contributed by atoms with Gasteiger partial charge >= 0.3 is 0 Å². The van der Waals surface area contributed by atoms with E-state index in [1.807, 2.05) is 5.38 Å². The number of benzene rings is 1. The van der Waals surface area contributed by atoms with E-state index < -0.39 is 0 Å². The van der Waals surface area contributed by atoms with E-state index in [-0.39, 0.29) is 30.6 Å². The Kier molecular flexibility index (Phi) is 7.33. The molecular formula is C21H27FN4O2S. The van der Waals surface area contributed by atoms with Crippen LogP contribution in [0.3, 0.4) is 0 Å². The summed E-state index contributed by atoms with van der Waals surface area (Å²) in [6.07, 6.45) is 1.29. The highest BCUT2D eigenvalue weighted by molar-refractivity contribution is 7.13. The number of amides is 2. The van der Waals surface area contributed by atoms with Gasteiger partial charge in [0.2, 0.25) is 11.8 Å². The maximum atomic E-state index is 13.2. The monoisotopic (exact) mass is 418 g/mol. The Balaban J connectivity index is 1.42. The predicted molar refractivity (Wildman–Crippen MR) is 112 cm³/mol. The zero-order chi connectivity index (χ0) is 20.8. The number of hydrogen-bond acceptors (Lipinski definition) is 5. The van der Waals surface area contributed by atoms with Crippen LogP contribution in [0.2, 0.25) is 0 Å². The Morgan fingerprint density at radius 1 is 1.24 bits per heavy atom. The molecule has 1 aliphatic heterocycles. The number of thiazole rings is 1. The number of anilines is 1. The van der Waals surface area contributed by atoms with Crippen LogP contribution in [-0.2, 0) is 22.6 Å². The van der Waals surface area contributed by atoms with Gasteiger partial charge in [-0.05, 0) is 36.0 Å². The highest BCUT2D eigenvalue weighted by atomic mass is 32.1. The maximum absolute atomic E-state index is 13.2. The fourth-order valence-electron chi connectivity index (χ4n) is 3.82. The normalized spacial score (nSPS) is 19.7. The number of carbonyl (C=O) groups is 2. The van der Waals surface area contributed by atoms with Crippen molar-refractivity contribution in [2.45, 2.75) is 33.2 Å². The van der Waals surface area contributed by atoms with Crippen LogP contribution in [0.25, 0.3) is 0 Å². The van der Waals surface area contributed by atoms with Crippen molar-refractivity contribution in [3.05, 3.63) is 46.7 Å². The van der Waals surface area contributed by atoms with Crippen LogP contribution in [-0.4, -0.2) is 41.3 Å². The van der Waals surface area contributed by atoms with Gasteiger partial charge in [0, 0.05) is 25.0 Å². The molecule has 0 unspecified atom stereocenters. The number of likely N-dealkylation sites (tertiary alicyclic amines) is 1.